The van der Waals surface area contributed by atoms with Gasteiger partial charge in [0.05, 0.1) is 0 Å². The normalized spacial score (nSPS) is 17.7. The predicted molar refractivity (Wildman–Crippen MR) is 89.1 cm³/mol. The fourth-order valence-electron chi connectivity index (χ4n) is 2.72. The zero-order chi connectivity index (χ0) is 17.7. The molecule has 1 N–H and O–H groups in total. The molecule has 1 heterocycles. The molecule has 1 aliphatic rings. The molecule has 1 fully saturated rings. The first-order valence-electron chi connectivity index (χ1n) is 8.28. The second-order valence-electron chi connectivity index (χ2n) is 7.00. The van der Waals surface area contributed by atoms with Crippen LogP contribution in [0.2, 0.25) is 0 Å². The zero-order valence-electron chi connectivity index (χ0n) is 14.5. The Morgan fingerprint density at radius 3 is 2.79 bits per heavy atom. The molecule has 1 aliphatic heterocycles. The molecular formula is C18H25FN2O3. The van der Waals surface area contributed by atoms with Crippen LogP contribution in [0.15, 0.2) is 24.3 Å². The highest BCUT2D eigenvalue weighted by Crippen LogP contribution is 2.21. The van der Waals surface area contributed by atoms with E-state index < -0.39 is 17.7 Å². The van der Waals surface area contributed by atoms with E-state index in [1.165, 1.54) is 17.0 Å². The lowest BCUT2D eigenvalue weighted by Crippen LogP contribution is -2.47. The van der Waals surface area contributed by atoms with Gasteiger partial charge in [-0.15, -0.1) is 0 Å². The Morgan fingerprint density at radius 2 is 2.12 bits per heavy atom. The molecule has 0 spiro atoms. The minimum Gasteiger partial charge on any atom is -0.444 e. The first kappa shape index (κ1) is 18.2. The largest absolute Gasteiger partial charge is 0.444 e. The summed E-state index contributed by atoms with van der Waals surface area (Å²) in [7, 11) is 0. The smallest absolute Gasteiger partial charge is 0.410 e. The third-order valence-corrected chi connectivity index (χ3v) is 3.79. The zero-order valence-corrected chi connectivity index (χ0v) is 14.5. The van der Waals surface area contributed by atoms with Gasteiger partial charge in [0.15, 0.2) is 0 Å². The molecule has 6 heteroatoms. The highest BCUT2D eigenvalue weighted by molar-refractivity contribution is 5.86. The minimum atomic E-state index is -0.585. The fraction of sp³-hybridized carbons (Fsp3) is 0.556. The van der Waals surface area contributed by atoms with Gasteiger partial charge in [-0.1, -0.05) is 12.1 Å². The number of rotatable bonds is 4. The van der Waals surface area contributed by atoms with Crippen molar-refractivity contribution in [1.29, 1.82) is 0 Å². The summed E-state index contributed by atoms with van der Waals surface area (Å²) in [4.78, 5) is 26.0. The number of carbonyl (C=O) groups excluding carboxylic acids is 2. The highest BCUT2D eigenvalue weighted by atomic mass is 19.1. The molecule has 1 atom stereocenters. The number of hydrogen-bond donors (Lipinski definition) is 1. The van der Waals surface area contributed by atoms with Crippen molar-refractivity contribution in [2.45, 2.75) is 51.7 Å². The van der Waals surface area contributed by atoms with Gasteiger partial charge >= 0.3 is 6.09 Å². The SMILES string of the molecule is CC(C)(C)OC(=O)N1CCCC1C(=O)NCCc1cccc(F)c1. The first-order chi connectivity index (χ1) is 11.3. The van der Waals surface area contributed by atoms with Crippen molar-refractivity contribution in [3.05, 3.63) is 35.6 Å². The molecule has 0 aromatic heterocycles. The number of benzene rings is 1. The number of nitrogens with one attached hydrogen (secondary N) is 1. The van der Waals surface area contributed by atoms with Gasteiger partial charge in [-0.05, 0) is 57.7 Å². The number of ether oxygens (including phenoxy) is 1. The average Bonchev–Trinajstić information content (AvgIpc) is 2.95. The Balaban J connectivity index is 1.85. The van der Waals surface area contributed by atoms with E-state index in [4.69, 9.17) is 4.74 Å². The van der Waals surface area contributed by atoms with Gasteiger partial charge in [-0.25, -0.2) is 9.18 Å². The van der Waals surface area contributed by atoms with E-state index >= 15 is 0 Å². The number of halogens is 1. The summed E-state index contributed by atoms with van der Waals surface area (Å²) in [5.74, 6) is -0.472. The Kier molecular flexibility index (Phi) is 5.80. The predicted octanol–water partition coefficient (Wildman–Crippen LogP) is 2.88. The summed E-state index contributed by atoms with van der Waals surface area (Å²) < 4.78 is 18.5. The van der Waals surface area contributed by atoms with Crippen LogP contribution in [-0.2, 0) is 16.0 Å². The maximum Gasteiger partial charge on any atom is 0.410 e. The topological polar surface area (TPSA) is 58.6 Å². The maximum atomic E-state index is 13.1. The molecule has 132 valence electrons. The van der Waals surface area contributed by atoms with Crippen molar-refractivity contribution in [3.8, 4) is 0 Å². The maximum absolute atomic E-state index is 13.1. The third-order valence-electron chi connectivity index (χ3n) is 3.79. The van der Waals surface area contributed by atoms with Crippen LogP contribution >= 0.6 is 0 Å². The molecule has 1 aromatic rings. The monoisotopic (exact) mass is 336 g/mol. The van der Waals surface area contributed by atoms with Gasteiger partial charge in [0.1, 0.15) is 17.5 Å². The van der Waals surface area contributed by atoms with Crippen molar-refractivity contribution in [2.75, 3.05) is 13.1 Å². The molecule has 0 aliphatic carbocycles. The van der Waals surface area contributed by atoms with Crippen molar-refractivity contribution in [1.82, 2.24) is 10.2 Å². The molecule has 1 unspecified atom stereocenters. The number of likely N-dealkylation sites (tertiary alicyclic amines) is 1. The van der Waals surface area contributed by atoms with Gasteiger partial charge < -0.3 is 10.1 Å². The Morgan fingerprint density at radius 1 is 1.38 bits per heavy atom. The lowest BCUT2D eigenvalue weighted by atomic mass is 10.1. The van der Waals surface area contributed by atoms with E-state index in [0.717, 1.165) is 12.0 Å². The molecule has 1 saturated heterocycles. The van der Waals surface area contributed by atoms with Crippen molar-refractivity contribution in [2.24, 2.45) is 0 Å². The van der Waals surface area contributed by atoms with E-state index in [0.29, 0.717) is 25.9 Å². The van der Waals surface area contributed by atoms with Crippen LogP contribution in [0.25, 0.3) is 0 Å². The fourth-order valence-corrected chi connectivity index (χ4v) is 2.72. The number of hydrogen-bond acceptors (Lipinski definition) is 3. The average molecular weight is 336 g/mol. The van der Waals surface area contributed by atoms with E-state index in [9.17, 15) is 14.0 Å². The second kappa shape index (κ2) is 7.64. The summed E-state index contributed by atoms with van der Waals surface area (Å²) >= 11 is 0. The summed E-state index contributed by atoms with van der Waals surface area (Å²) in [5.41, 5.74) is 0.240. The van der Waals surface area contributed by atoms with Gasteiger partial charge in [0.25, 0.3) is 0 Å². The van der Waals surface area contributed by atoms with Crippen molar-refractivity contribution < 1.29 is 18.7 Å². The highest BCUT2D eigenvalue weighted by Gasteiger charge is 2.36. The number of nitrogens with zero attached hydrogens (tertiary/aromatic N) is 1. The van der Waals surface area contributed by atoms with Crippen LogP contribution in [0.5, 0.6) is 0 Å². The van der Waals surface area contributed by atoms with Crippen molar-refractivity contribution >= 4 is 12.0 Å². The second-order valence-corrected chi connectivity index (χ2v) is 7.00. The van der Waals surface area contributed by atoms with Gasteiger partial charge in [0.2, 0.25) is 5.91 Å². The Hall–Kier alpha value is -2.11. The van der Waals surface area contributed by atoms with Crippen LogP contribution < -0.4 is 5.32 Å². The van der Waals surface area contributed by atoms with Gasteiger partial charge in [-0.2, -0.15) is 0 Å². The minimum absolute atomic E-state index is 0.185. The van der Waals surface area contributed by atoms with Crippen LogP contribution in [0, 0.1) is 5.82 Å². The summed E-state index contributed by atoms with van der Waals surface area (Å²) in [5, 5.41) is 2.83. The quantitative estimate of drug-likeness (QED) is 0.920. The summed E-state index contributed by atoms with van der Waals surface area (Å²) in [6, 6.07) is 5.81. The molecule has 0 radical (unpaired) electrons. The summed E-state index contributed by atoms with van der Waals surface area (Å²) in [6.07, 6.45) is 1.50. The van der Waals surface area contributed by atoms with Gasteiger partial charge in [-0.3, -0.25) is 9.69 Å². The lowest BCUT2D eigenvalue weighted by molar-refractivity contribution is -0.125. The lowest BCUT2D eigenvalue weighted by Gasteiger charge is -2.28. The molecule has 24 heavy (non-hydrogen) atoms. The van der Waals surface area contributed by atoms with E-state index in [1.807, 2.05) is 6.07 Å². The van der Waals surface area contributed by atoms with Crippen LogP contribution in [0.1, 0.15) is 39.2 Å². The molecule has 5 nitrogen and oxygen atoms in total. The molecule has 0 bridgehead atoms. The van der Waals surface area contributed by atoms with Crippen LogP contribution in [0.3, 0.4) is 0 Å². The third kappa shape index (κ3) is 5.22. The molecule has 0 saturated carbocycles. The van der Waals surface area contributed by atoms with Crippen LogP contribution in [0.4, 0.5) is 9.18 Å². The molecular weight excluding hydrogens is 311 g/mol. The number of amides is 2. The molecule has 2 amide bonds. The first-order valence-corrected chi connectivity index (χ1v) is 8.28. The molecule has 2 rings (SSSR count). The van der Waals surface area contributed by atoms with E-state index in [-0.39, 0.29) is 11.7 Å². The Labute approximate surface area is 142 Å². The molecule has 1 aromatic carbocycles. The van der Waals surface area contributed by atoms with E-state index in [2.05, 4.69) is 5.32 Å². The van der Waals surface area contributed by atoms with Crippen LogP contribution in [-0.4, -0.2) is 41.6 Å². The number of carbonyl (C=O) groups is 2. The van der Waals surface area contributed by atoms with Gasteiger partial charge in [0, 0.05) is 13.1 Å². The van der Waals surface area contributed by atoms with E-state index in [1.54, 1.807) is 26.8 Å². The van der Waals surface area contributed by atoms with Crippen molar-refractivity contribution in [3.63, 3.8) is 0 Å². The Bertz CT molecular complexity index is 598. The summed E-state index contributed by atoms with van der Waals surface area (Å²) in [6.45, 7) is 6.33. The standard InChI is InChI=1S/C18H25FN2O3/c1-18(2,3)24-17(23)21-11-5-8-15(21)16(22)20-10-9-13-6-4-7-14(19)12-13/h4,6-7,12,15H,5,8-11H2,1-3H3,(H,20,22).